The van der Waals surface area contributed by atoms with Gasteiger partial charge in [-0.1, -0.05) is 124 Å². The highest BCUT2D eigenvalue weighted by Crippen LogP contribution is 2.40. The molecular formula is C26H49Al. The van der Waals surface area contributed by atoms with Gasteiger partial charge in [-0.15, -0.1) is 13.2 Å². The van der Waals surface area contributed by atoms with Crippen molar-refractivity contribution >= 4 is 14.1 Å². The third-order valence-corrected chi connectivity index (χ3v) is 10.7. The van der Waals surface area contributed by atoms with Crippen molar-refractivity contribution in [1.82, 2.24) is 0 Å². The fourth-order valence-electron chi connectivity index (χ4n) is 5.18. The van der Waals surface area contributed by atoms with Gasteiger partial charge in [0.25, 0.3) is 14.1 Å². The maximum atomic E-state index is 3.82. The number of allylic oxidation sites excluding steroid dienone is 2. The lowest BCUT2D eigenvalue weighted by molar-refractivity contribution is 0.341. The molecule has 0 spiro atoms. The van der Waals surface area contributed by atoms with Crippen LogP contribution in [0.1, 0.15) is 110 Å². The van der Waals surface area contributed by atoms with Gasteiger partial charge < -0.3 is 0 Å². The Hall–Kier alpha value is 0.0125. The SMILES string of the molecule is C=CCCCCCCCCC1[CH2][Al]([CH2]C)[CH2]C1CCCCCCCCC=C. The number of rotatable bonds is 19. The summed E-state index contributed by atoms with van der Waals surface area (Å²) in [5.74, 6) is 2.24. The Labute approximate surface area is 176 Å². The lowest BCUT2D eigenvalue weighted by atomic mass is 9.86. The number of unbranched alkanes of at least 4 members (excludes halogenated alkanes) is 12. The van der Waals surface area contributed by atoms with E-state index in [0.717, 1.165) is 11.8 Å². The van der Waals surface area contributed by atoms with Crippen molar-refractivity contribution in [3.63, 3.8) is 0 Å². The lowest BCUT2D eigenvalue weighted by Gasteiger charge is -2.20. The van der Waals surface area contributed by atoms with Gasteiger partial charge in [-0.05, 0) is 25.7 Å². The van der Waals surface area contributed by atoms with Gasteiger partial charge in [-0.25, -0.2) is 0 Å². The first-order valence-electron chi connectivity index (χ1n) is 12.5. The smallest absolute Gasteiger partial charge is 0.103 e. The van der Waals surface area contributed by atoms with Crippen molar-refractivity contribution in [3.8, 4) is 0 Å². The van der Waals surface area contributed by atoms with Crippen LogP contribution in [-0.4, -0.2) is 14.1 Å². The molecule has 1 fully saturated rings. The maximum Gasteiger partial charge on any atom is 0.262 e. The standard InChI is InChI=1S/C24H44.C2H5.Al/c1-5-7-9-11-13-15-17-19-21-23(3)24(4)22-20-18-16-14-12-10-8-6-2;1-2;/h5-6,23-24H,1-4,7-22H2;1H2,2H3;. The normalized spacial score (nSPS) is 19.5. The summed E-state index contributed by atoms with van der Waals surface area (Å²) >= 11 is -0.351. The monoisotopic (exact) mass is 388 g/mol. The Morgan fingerprint density at radius 2 is 1.00 bits per heavy atom. The summed E-state index contributed by atoms with van der Waals surface area (Å²) in [6.45, 7) is 10.1. The second-order valence-electron chi connectivity index (χ2n) is 9.24. The van der Waals surface area contributed by atoms with Gasteiger partial charge >= 0.3 is 0 Å². The van der Waals surface area contributed by atoms with Crippen molar-refractivity contribution < 1.29 is 0 Å². The minimum Gasteiger partial charge on any atom is -0.103 e. The summed E-state index contributed by atoms with van der Waals surface area (Å²) in [6.07, 6.45) is 27.0. The van der Waals surface area contributed by atoms with Crippen LogP contribution < -0.4 is 0 Å². The van der Waals surface area contributed by atoms with Gasteiger partial charge in [-0.2, -0.15) is 0 Å². The molecule has 0 aliphatic carbocycles. The molecule has 1 aliphatic heterocycles. The zero-order chi connectivity index (χ0) is 19.6. The highest BCUT2D eigenvalue weighted by molar-refractivity contribution is 6.59. The molecule has 27 heavy (non-hydrogen) atoms. The second-order valence-corrected chi connectivity index (χ2v) is 12.7. The van der Waals surface area contributed by atoms with Crippen molar-refractivity contribution in [3.05, 3.63) is 25.3 Å². The van der Waals surface area contributed by atoms with Crippen molar-refractivity contribution in [1.29, 1.82) is 0 Å². The molecular weight excluding hydrogens is 339 g/mol. The van der Waals surface area contributed by atoms with Crippen molar-refractivity contribution in [2.24, 2.45) is 11.8 Å². The molecule has 1 saturated heterocycles. The largest absolute Gasteiger partial charge is 0.262 e. The Bertz CT molecular complexity index is 316. The van der Waals surface area contributed by atoms with Crippen molar-refractivity contribution in [2.75, 3.05) is 0 Å². The first kappa shape index (κ1) is 25.0. The molecule has 0 bridgehead atoms. The van der Waals surface area contributed by atoms with E-state index >= 15 is 0 Å². The second kappa shape index (κ2) is 18.1. The first-order valence-corrected chi connectivity index (χ1v) is 15.0. The minimum absolute atomic E-state index is 0.351. The molecule has 1 rings (SSSR count). The van der Waals surface area contributed by atoms with E-state index in [2.05, 4.69) is 32.2 Å². The van der Waals surface area contributed by atoms with E-state index in [9.17, 15) is 0 Å². The minimum atomic E-state index is -0.351. The highest BCUT2D eigenvalue weighted by atomic mass is 27.2. The van der Waals surface area contributed by atoms with E-state index in [4.69, 9.17) is 0 Å². The average molecular weight is 389 g/mol. The van der Waals surface area contributed by atoms with Gasteiger partial charge in [0.15, 0.2) is 0 Å². The lowest BCUT2D eigenvalue weighted by Crippen LogP contribution is -2.07. The van der Waals surface area contributed by atoms with Crippen molar-refractivity contribution in [2.45, 2.75) is 126 Å². The van der Waals surface area contributed by atoms with Crippen LogP contribution in [0.25, 0.3) is 0 Å². The van der Waals surface area contributed by atoms with Crippen LogP contribution in [0.3, 0.4) is 0 Å². The molecule has 0 nitrogen and oxygen atoms in total. The quantitative estimate of drug-likeness (QED) is 0.117. The van der Waals surface area contributed by atoms with E-state index < -0.39 is 0 Å². The molecule has 0 N–H and O–H groups in total. The molecule has 156 valence electrons. The van der Waals surface area contributed by atoms with Crippen LogP contribution in [0.15, 0.2) is 25.3 Å². The molecule has 1 aliphatic rings. The summed E-state index contributed by atoms with van der Waals surface area (Å²) in [5, 5.41) is 4.92. The van der Waals surface area contributed by atoms with E-state index in [0.29, 0.717) is 0 Å². The van der Waals surface area contributed by atoms with Crippen LogP contribution >= 0.6 is 0 Å². The Morgan fingerprint density at radius 1 is 0.630 bits per heavy atom. The van der Waals surface area contributed by atoms with Gasteiger partial charge in [-0.3, -0.25) is 0 Å². The highest BCUT2D eigenvalue weighted by Gasteiger charge is 2.35. The fourth-order valence-corrected chi connectivity index (χ4v) is 9.00. The maximum absolute atomic E-state index is 3.82. The Kier molecular flexibility index (Phi) is 16.8. The zero-order valence-electron chi connectivity index (χ0n) is 18.7. The molecule has 0 saturated carbocycles. The average Bonchev–Trinajstić information content (AvgIpc) is 3.08. The van der Waals surface area contributed by atoms with Crippen LogP contribution in [0, 0.1) is 11.8 Å². The third-order valence-electron chi connectivity index (χ3n) is 6.98. The number of hydrogen-bond acceptors (Lipinski definition) is 0. The molecule has 0 amide bonds. The Balaban J connectivity index is 2.08. The van der Waals surface area contributed by atoms with Crippen LogP contribution in [0.5, 0.6) is 0 Å². The van der Waals surface area contributed by atoms with Gasteiger partial charge in [0, 0.05) is 0 Å². The van der Waals surface area contributed by atoms with Crippen LogP contribution in [0.4, 0.5) is 0 Å². The van der Waals surface area contributed by atoms with E-state index in [-0.39, 0.29) is 14.1 Å². The van der Waals surface area contributed by atoms with E-state index in [1.165, 1.54) is 89.9 Å². The van der Waals surface area contributed by atoms with Gasteiger partial charge in [0.05, 0.1) is 0 Å². The summed E-state index contributed by atoms with van der Waals surface area (Å²) < 4.78 is 0. The molecule has 0 radical (unpaired) electrons. The predicted octanol–water partition coefficient (Wildman–Crippen LogP) is 9.36. The molecule has 0 aromatic carbocycles. The zero-order valence-corrected chi connectivity index (χ0v) is 19.9. The fraction of sp³-hybridized carbons (Fsp3) is 0.846. The first-order chi connectivity index (χ1) is 13.3. The topological polar surface area (TPSA) is 0 Å². The van der Waals surface area contributed by atoms with Crippen LogP contribution in [-0.2, 0) is 0 Å². The Morgan fingerprint density at radius 3 is 1.37 bits per heavy atom. The summed E-state index contributed by atoms with van der Waals surface area (Å²) in [5.41, 5.74) is 0. The third kappa shape index (κ3) is 13.0. The summed E-state index contributed by atoms with van der Waals surface area (Å²) in [6, 6.07) is 0. The van der Waals surface area contributed by atoms with Crippen LogP contribution in [0.2, 0.25) is 15.8 Å². The summed E-state index contributed by atoms with van der Waals surface area (Å²) in [4.78, 5) is 0. The van der Waals surface area contributed by atoms with Gasteiger partial charge in [0.2, 0.25) is 0 Å². The van der Waals surface area contributed by atoms with E-state index in [1.54, 1.807) is 28.7 Å². The summed E-state index contributed by atoms with van der Waals surface area (Å²) in [7, 11) is 0. The molecule has 0 aromatic rings. The molecule has 2 atom stereocenters. The van der Waals surface area contributed by atoms with Gasteiger partial charge in [0.1, 0.15) is 0 Å². The number of hydrogen-bond donors (Lipinski definition) is 0. The molecule has 2 unspecified atom stereocenters. The molecule has 0 aromatic heterocycles. The van der Waals surface area contributed by atoms with E-state index in [1.807, 2.05) is 0 Å². The molecule has 1 heteroatoms. The molecule has 1 heterocycles. The predicted molar refractivity (Wildman–Crippen MR) is 127 cm³/mol.